The predicted octanol–water partition coefficient (Wildman–Crippen LogP) is 2.05. The smallest absolute Gasteiger partial charge is 0.323 e. The van der Waals surface area contributed by atoms with Gasteiger partial charge in [-0.05, 0) is 59.2 Å². The van der Waals surface area contributed by atoms with Gasteiger partial charge in [0.05, 0.1) is 16.1 Å². The molecule has 0 radical (unpaired) electrons. The van der Waals surface area contributed by atoms with Gasteiger partial charge in [0.1, 0.15) is 17.4 Å². The van der Waals surface area contributed by atoms with E-state index in [-0.39, 0.29) is 22.0 Å². The predicted molar refractivity (Wildman–Crippen MR) is 107 cm³/mol. The first-order valence-corrected chi connectivity index (χ1v) is 10.1. The summed E-state index contributed by atoms with van der Waals surface area (Å²) in [4.78, 5) is 29.7. The highest BCUT2D eigenvalue weighted by Crippen LogP contribution is 2.40. The fourth-order valence-electron chi connectivity index (χ4n) is 2.72. The van der Waals surface area contributed by atoms with E-state index in [1.807, 2.05) is 28.1 Å². The quantitative estimate of drug-likeness (QED) is 0.223. The molecule has 3 rings (SSSR count). The molecule has 1 amide bonds. The molecule has 2 aromatic rings. The third-order valence-corrected chi connectivity index (χ3v) is 5.87. The van der Waals surface area contributed by atoms with Crippen LogP contribution in [0.15, 0.2) is 18.2 Å². The van der Waals surface area contributed by atoms with E-state index in [1.165, 1.54) is 12.1 Å². The molecule has 8 nitrogen and oxygen atoms in total. The number of anilines is 2. The molecule has 0 saturated carbocycles. The molecule has 5 N–H and O–H groups in total. The average Bonchev–Trinajstić information content (AvgIpc) is 3.02. The molecule has 0 atom stereocenters. The van der Waals surface area contributed by atoms with E-state index in [1.54, 1.807) is 6.07 Å². The highest BCUT2D eigenvalue weighted by Gasteiger charge is 2.32. The third-order valence-electron chi connectivity index (χ3n) is 4.01. The maximum absolute atomic E-state index is 14.2. The molecule has 0 fully saturated rings. The molecule has 11 heteroatoms. The normalized spacial score (nSPS) is 14.0. The molecule has 1 aromatic heterocycles. The van der Waals surface area contributed by atoms with Gasteiger partial charge in [-0.15, -0.1) is 11.3 Å². The van der Waals surface area contributed by atoms with Gasteiger partial charge in [-0.2, -0.15) is 0 Å². The second kappa shape index (κ2) is 8.39. The highest BCUT2D eigenvalue weighted by atomic mass is 127. The summed E-state index contributed by atoms with van der Waals surface area (Å²) < 4.78 is 14.9. The Bertz CT molecular complexity index is 933. The first-order chi connectivity index (χ1) is 13.2. The molecule has 150 valence electrons. The number of benzene rings is 1. The molecular formula is C17H16FIN2O6S. The van der Waals surface area contributed by atoms with E-state index in [0.717, 1.165) is 11.3 Å². The summed E-state index contributed by atoms with van der Waals surface area (Å²) in [6.45, 7) is -1.17. The summed E-state index contributed by atoms with van der Waals surface area (Å²) in [6.07, 6.45) is 1.37. The molecule has 0 spiro atoms. The van der Waals surface area contributed by atoms with Crippen LogP contribution < -0.4 is 10.8 Å². The highest BCUT2D eigenvalue weighted by molar-refractivity contribution is 14.1. The van der Waals surface area contributed by atoms with E-state index in [2.05, 4.69) is 10.2 Å². The number of Topliss-reactive ketones (excluding diaryl/α,β-unsaturated/α-hetero) is 1. The van der Waals surface area contributed by atoms with Gasteiger partial charge in [-0.1, -0.05) is 0 Å². The Morgan fingerprint density at radius 3 is 2.79 bits per heavy atom. The SMILES string of the molecule is O=C1CCCc2c1sc(Nc1ccc(I)cc1F)c2C(=O)NOC(O)(O)CO. The Kier molecular flexibility index (Phi) is 6.31. The minimum absolute atomic E-state index is 0.0553. The fraction of sp³-hybridized carbons (Fsp3) is 0.294. The van der Waals surface area contributed by atoms with Crippen molar-refractivity contribution in [1.29, 1.82) is 0 Å². The number of aliphatic hydroxyl groups excluding tert-OH is 1. The van der Waals surface area contributed by atoms with Gasteiger partial charge < -0.3 is 20.6 Å². The van der Waals surface area contributed by atoms with Crippen molar-refractivity contribution in [2.24, 2.45) is 0 Å². The van der Waals surface area contributed by atoms with Crippen molar-refractivity contribution in [3.63, 3.8) is 0 Å². The fourth-order valence-corrected chi connectivity index (χ4v) is 4.40. The van der Waals surface area contributed by atoms with Crippen LogP contribution in [0.2, 0.25) is 0 Å². The van der Waals surface area contributed by atoms with Gasteiger partial charge in [0.2, 0.25) is 0 Å². The lowest BCUT2D eigenvalue weighted by atomic mass is 9.94. The summed E-state index contributed by atoms with van der Waals surface area (Å²) in [7, 11) is 0. The topological polar surface area (TPSA) is 128 Å². The van der Waals surface area contributed by atoms with Crippen LogP contribution in [0.3, 0.4) is 0 Å². The zero-order valence-corrected chi connectivity index (χ0v) is 17.3. The van der Waals surface area contributed by atoms with Crippen LogP contribution >= 0.6 is 33.9 Å². The lowest BCUT2D eigenvalue weighted by Gasteiger charge is -2.19. The molecule has 0 unspecified atom stereocenters. The van der Waals surface area contributed by atoms with Gasteiger partial charge >= 0.3 is 5.97 Å². The van der Waals surface area contributed by atoms with Crippen LogP contribution in [0.5, 0.6) is 0 Å². The first-order valence-electron chi connectivity index (χ1n) is 8.16. The Labute approximate surface area is 176 Å². The molecule has 1 aromatic carbocycles. The van der Waals surface area contributed by atoms with E-state index in [4.69, 9.17) is 5.11 Å². The molecule has 0 bridgehead atoms. The molecule has 0 saturated heterocycles. The average molecular weight is 522 g/mol. The van der Waals surface area contributed by atoms with Gasteiger partial charge in [0, 0.05) is 9.99 Å². The van der Waals surface area contributed by atoms with Crippen molar-refractivity contribution < 1.29 is 34.1 Å². The number of fused-ring (bicyclic) bond motifs is 1. The zero-order chi connectivity index (χ0) is 20.5. The second-order valence-electron chi connectivity index (χ2n) is 6.07. The largest absolute Gasteiger partial charge is 0.388 e. The standard InChI is InChI=1S/C17H16FIN2O6S/c18-10-6-8(19)4-5-11(10)20-16-13(15(24)21-27-17(25,26)7-22)9-2-1-3-12(23)14(9)28-16/h4-6,20,22,25-26H,1-3,7H2,(H,21,24). The molecule has 28 heavy (non-hydrogen) atoms. The third kappa shape index (κ3) is 4.50. The maximum Gasteiger partial charge on any atom is 0.323 e. The number of halogens is 2. The number of carbonyl (C=O) groups excluding carboxylic acids is 2. The summed E-state index contributed by atoms with van der Waals surface area (Å²) in [5.74, 6) is -4.47. The van der Waals surface area contributed by atoms with Gasteiger partial charge in [-0.3, -0.25) is 9.59 Å². The van der Waals surface area contributed by atoms with Gasteiger partial charge in [-0.25, -0.2) is 14.7 Å². The number of amides is 1. The Morgan fingerprint density at radius 2 is 2.11 bits per heavy atom. The van der Waals surface area contributed by atoms with Gasteiger partial charge in [0.15, 0.2) is 5.78 Å². The van der Waals surface area contributed by atoms with Crippen LogP contribution in [0.25, 0.3) is 0 Å². The summed E-state index contributed by atoms with van der Waals surface area (Å²) in [5.41, 5.74) is 2.52. The number of hydroxylamine groups is 1. The van der Waals surface area contributed by atoms with Crippen molar-refractivity contribution in [2.45, 2.75) is 25.2 Å². The monoisotopic (exact) mass is 522 g/mol. The summed E-state index contributed by atoms with van der Waals surface area (Å²) in [6, 6.07) is 4.51. The van der Waals surface area contributed by atoms with Crippen LogP contribution in [0, 0.1) is 9.39 Å². The van der Waals surface area contributed by atoms with Crippen LogP contribution in [0.4, 0.5) is 15.1 Å². The van der Waals surface area contributed by atoms with E-state index >= 15 is 0 Å². The van der Waals surface area contributed by atoms with Gasteiger partial charge in [0.25, 0.3) is 5.91 Å². The Morgan fingerprint density at radius 1 is 1.36 bits per heavy atom. The molecule has 1 heterocycles. The summed E-state index contributed by atoms with van der Waals surface area (Å²) in [5, 5.41) is 30.4. The number of aliphatic hydroxyl groups is 3. The second-order valence-corrected chi connectivity index (χ2v) is 8.34. The minimum atomic E-state index is -2.96. The van der Waals surface area contributed by atoms with Crippen LogP contribution in [-0.4, -0.2) is 39.6 Å². The lowest BCUT2D eigenvalue weighted by molar-refractivity contribution is -0.366. The minimum Gasteiger partial charge on any atom is -0.388 e. The molecular weight excluding hydrogens is 506 g/mol. The lowest BCUT2D eigenvalue weighted by Crippen LogP contribution is -2.43. The van der Waals surface area contributed by atoms with Crippen LogP contribution in [-0.2, 0) is 11.3 Å². The molecule has 0 aliphatic heterocycles. The first kappa shape index (κ1) is 21.1. The van der Waals surface area contributed by atoms with Crippen molar-refractivity contribution >= 4 is 56.3 Å². The molecule has 1 aliphatic carbocycles. The van der Waals surface area contributed by atoms with Crippen molar-refractivity contribution in [1.82, 2.24) is 5.48 Å². The zero-order valence-electron chi connectivity index (χ0n) is 14.3. The summed E-state index contributed by atoms with van der Waals surface area (Å²) >= 11 is 2.99. The number of rotatable bonds is 6. The van der Waals surface area contributed by atoms with E-state index in [0.29, 0.717) is 33.3 Å². The van der Waals surface area contributed by atoms with Crippen molar-refractivity contribution in [2.75, 3.05) is 11.9 Å². The number of nitrogens with one attached hydrogen (secondary N) is 2. The number of ketones is 1. The van der Waals surface area contributed by atoms with E-state index in [9.17, 15) is 24.2 Å². The van der Waals surface area contributed by atoms with Crippen LogP contribution in [0.1, 0.15) is 38.4 Å². The number of hydrogen-bond donors (Lipinski definition) is 5. The number of carbonyl (C=O) groups is 2. The Balaban J connectivity index is 1.97. The Hall–Kier alpha value is -1.64. The van der Waals surface area contributed by atoms with Crippen molar-refractivity contribution in [3.05, 3.63) is 43.6 Å². The number of hydrogen-bond acceptors (Lipinski definition) is 8. The molecule has 1 aliphatic rings. The maximum atomic E-state index is 14.2. The van der Waals surface area contributed by atoms with E-state index < -0.39 is 24.3 Å². The van der Waals surface area contributed by atoms with Crippen molar-refractivity contribution in [3.8, 4) is 0 Å². The number of thiophene rings is 1.